The van der Waals surface area contributed by atoms with Crippen molar-refractivity contribution in [1.29, 1.82) is 0 Å². The monoisotopic (exact) mass is 422 g/mol. The van der Waals surface area contributed by atoms with Gasteiger partial charge in [-0.15, -0.1) is 0 Å². The zero-order valence-corrected chi connectivity index (χ0v) is 17.9. The minimum absolute atomic E-state index is 0.333. The number of nitrogens with one attached hydrogen (secondary N) is 1. The van der Waals surface area contributed by atoms with Crippen molar-refractivity contribution in [2.24, 2.45) is 0 Å². The molecule has 3 rings (SSSR count). The number of aromatic nitrogens is 3. The molecule has 8 nitrogen and oxygen atoms in total. The lowest BCUT2D eigenvalue weighted by Gasteiger charge is -2.12. The molecule has 0 fully saturated rings. The van der Waals surface area contributed by atoms with Crippen LogP contribution in [-0.2, 0) is 9.53 Å². The number of rotatable bonds is 9. The highest BCUT2D eigenvalue weighted by Gasteiger charge is 2.10. The Hall–Kier alpha value is -3.68. The quantitative estimate of drug-likeness (QED) is 0.421. The number of carbonyl (C=O) groups excluding carboxylic acids is 2. The van der Waals surface area contributed by atoms with Gasteiger partial charge in [-0.1, -0.05) is 6.07 Å². The molecule has 0 radical (unpaired) electrons. The molecule has 0 unspecified atom stereocenters. The van der Waals surface area contributed by atoms with Gasteiger partial charge >= 0.3 is 5.97 Å². The van der Waals surface area contributed by atoms with Crippen LogP contribution < -0.4 is 10.1 Å². The third kappa shape index (κ3) is 6.15. The average Bonchev–Trinajstić information content (AvgIpc) is 3.30. The van der Waals surface area contributed by atoms with Gasteiger partial charge in [0.15, 0.2) is 6.61 Å². The van der Waals surface area contributed by atoms with Crippen molar-refractivity contribution in [1.82, 2.24) is 20.1 Å². The van der Waals surface area contributed by atoms with Crippen LogP contribution >= 0.6 is 0 Å². The van der Waals surface area contributed by atoms with Crippen LogP contribution in [-0.4, -0.2) is 46.4 Å². The molecular weight excluding hydrogens is 396 g/mol. The molecule has 0 aliphatic rings. The standard InChI is InChI=1S/C23H26N4O4/c1-16-11-17(2)18(3)21(12-16)30-10-4-9-25-22(28)13-31-23(29)19-5-7-20(8-6-19)27-15-24-14-26-27/h5-8,11-12,14-15H,4,9-10,13H2,1-3H3,(H,25,28). The average molecular weight is 422 g/mol. The summed E-state index contributed by atoms with van der Waals surface area (Å²) in [5.74, 6) is -0.0447. The number of hydrogen-bond acceptors (Lipinski definition) is 6. The van der Waals surface area contributed by atoms with E-state index in [1.54, 1.807) is 35.3 Å². The topological polar surface area (TPSA) is 95.3 Å². The van der Waals surface area contributed by atoms with E-state index in [-0.39, 0.29) is 12.5 Å². The second kappa shape index (κ2) is 10.4. The van der Waals surface area contributed by atoms with E-state index in [1.165, 1.54) is 11.9 Å². The molecule has 31 heavy (non-hydrogen) atoms. The number of carbonyl (C=O) groups is 2. The van der Waals surface area contributed by atoms with Crippen LogP contribution in [0, 0.1) is 20.8 Å². The SMILES string of the molecule is Cc1cc(C)c(C)c(OCCCNC(=O)COC(=O)c2ccc(-n3cncn3)cc2)c1. The molecule has 0 saturated carbocycles. The zero-order chi connectivity index (χ0) is 22.2. The second-order valence-corrected chi connectivity index (χ2v) is 7.22. The number of benzene rings is 2. The van der Waals surface area contributed by atoms with E-state index in [0.717, 1.165) is 22.6 Å². The van der Waals surface area contributed by atoms with E-state index >= 15 is 0 Å². The Morgan fingerprint density at radius 2 is 1.87 bits per heavy atom. The predicted molar refractivity (Wildman–Crippen MR) is 115 cm³/mol. The van der Waals surface area contributed by atoms with Crippen LogP contribution in [0.5, 0.6) is 5.75 Å². The number of ether oxygens (including phenoxy) is 2. The Morgan fingerprint density at radius 1 is 1.10 bits per heavy atom. The van der Waals surface area contributed by atoms with Gasteiger partial charge in [0.05, 0.1) is 17.9 Å². The number of amides is 1. The van der Waals surface area contributed by atoms with Gasteiger partial charge in [0.25, 0.3) is 5.91 Å². The van der Waals surface area contributed by atoms with Crippen molar-refractivity contribution >= 4 is 11.9 Å². The molecule has 162 valence electrons. The number of nitrogens with zero attached hydrogens (tertiary/aromatic N) is 3. The molecule has 8 heteroatoms. The molecule has 1 N–H and O–H groups in total. The molecule has 2 aromatic carbocycles. The van der Waals surface area contributed by atoms with E-state index in [9.17, 15) is 9.59 Å². The number of aryl methyl sites for hydroxylation is 2. The Balaban J connectivity index is 1.35. The highest BCUT2D eigenvalue weighted by Crippen LogP contribution is 2.23. The van der Waals surface area contributed by atoms with E-state index in [2.05, 4.69) is 28.4 Å². The van der Waals surface area contributed by atoms with Crippen molar-refractivity contribution in [3.05, 3.63) is 71.3 Å². The minimum Gasteiger partial charge on any atom is -0.493 e. The highest BCUT2D eigenvalue weighted by atomic mass is 16.5. The van der Waals surface area contributed by atoms with Crippen molar-refractivity contribution in [2.75, 3.05) is 19.8 Å². The van der Waals surface area contributed by atoms with E-state index in [4.69, 9.17) is 9.47 Å². The fourth-order valence-electron chi connectivity index (χ4n) is 2.99. The molecule has 0 saturated heterocycles. The van der Waals surface area contributed by atoms with Gasteiger partial charge in [-0.05, 0) is 74.2 Å². The highest BCUT2D eigenvalue weighted by molar-refractivity contribution is 5.91. The van der Waals surface area contributed by atoms with Gasteiger partial charge < -0.3 is 14.8 Å². The first-order chi connectivity index (χ1) is 14.9. The lowest BCUT2D eigenvalue weighted by atomic mass is 10.1. The van der Waals surface area contributed by atoms with E-state index in [1.807, 2.05) is 19.9 Å². The van der Waals surface area contributed by atoms with Crippen LogP contribution in [0.25, 0.3) is 5.69 Å². The van der Waals surface area contributed by atoms with Crippen LogP contribution in [0.1, 0.15) is 33.5 Å². The maximum atomic E-state index is 12.1. The normalized spacial score (nSPS) is 10.5. The summed E-state index contributed by atoms with van der Waals surface area (Å²) >= 11 is 0. The number of esters is 1. The molecule has 0 atom stereocenters. The first-order valence-electron chi connectivity index (χ1n) is 10.0. The third-order valence-electron chi connectivity index (χ3n) is 4.79. The summed E-state index contributed by atoms with van der Waals surface area (Å²) < 4.78 is 12.5. The second-order valence-electron chi connectivity index (χ2n) is 7.22. The summed E-state index contributed by atoms with van der Waals surface area (Å²) in [6.45, 7) is 6.71. The maximum absolute atomic E-state index is 12.1. The molecule has 1 aromatic heterocycles. The summed E-state index contributed by atoms with van der Waals surface area (Å²) in [6.07, 6.45) is 3.64. The number of hydrogen-bond donors (Lipinski definition) is 1. The summed E-state index contributed by atoms with van der Waals surface area (Å²) in [5.41, 5.74) is 4.59. The predicted octanol–water partition coefficient (Wildman–Crippen LogP) is 2.93. The van der Waals surface area contributed by atoms with Gasteiger partial charge in [-0.25, -0.2) is 14.5 Å². The van der Waals surface area contributed by atoms with Gasteiger partial charge in [0, 0.05) is 6.54 Å². The Labute approximate surface area is 181 Å². The molecule has 0 aliphatic heterocycles. The minimum atomic E-state index is -0.561. The third-order valence-corrected chi connectivity index (χ3v) is 4.79. The summed E-state index contributed by atoms with van der Waals surface area (Å²) in [6, 6.07) is 10.8. The van der Waals surface area contributed by atoms with Crippen LogP contribution in [0.15, 0.2) is 49.1 Å². The van der Waals surface area contributed by atoms with Crippen LogP contribution in [0.3, 0.4) is 0 Å². The first-order valence-corrected chi connectivity index (χ1v) is 10.0. The zero-order valence-electron chi connectivity index (χ0n) is 17.9. The van der Waals surface area contributed by atoms with Gasteiger partial charge in [-0.3, -0.25) is 4.79 Å². The summed E-state index contributed by atoms with van der Waals surface area (Å²) in [7, 11) is 0. The van der Waals surface area contributed by atoms with Crippen molar-refractivity contribution in [3.8, 4) is 11.4 Å². The Kier molecular flexibility index (Phi) is 7.37. The smallest absolute Gasteiger partial charge is 0.338 e. The fourth-order valence-corrected chi connectivity index (χ4v) is 2.99. The molecule has 3 aromatic rings. The fraction of sp³-hybridized carbons (Fsp3) is 0.304. The van der Waals surface area contributed by atoms with Gasteiger partial charge in [-0.2, -0.15) is 5.10 Å². The summed E-state index contributed by atoms with van der Waals surface area (Å²) in [4.78, 5) is 27.9. The molecule has 0 aliphatic carbocycles. The largest absolute Gasteiger partial charge is 0.493 e. The Morgan fingerprint density at radius 3 is 2.58 bits per heavy atom. The molecule has 1 amide bonds. The molecule has 1 heterocycles. The van der Waals surface area contributed by atoms with Crippen molar-refractivity contribution in [2.45, 2.75) is 27.2 Å². The maximum Gasteiger partial charge on any atom is 0.338 e. The molecule has 0 spiro atoms. The van der Waals surface area contributed by atoms with Crippen LogP contribution in [0.2, 0.25) is 0 Å². The van der Waals surface area contributed by atoms with Gasteiger partial charge in [0.1, 0.15) is 18.4 Å². The lowest BCUT2D eigenvalue weighted by Crippen LogP contribution is -2.30. The van der Waals surface area contributed by atoms with Gasteiger partial charge in [0.2, 0.25) is 0 Å². The van der Waals surface area contributed by atoms with E-state index < -0.39 is 5.97 Å². The molecule has 0 bridgehead atoms. The summed E-state index contributed by atoms with van der Waals surface area (Å²) in [5, 5.41) is 6.74. The van der Waals surface area contributed by atoms with Crippen molar-refractivity contribution < 1.29 is 19.1 Å². The van der Waals surface area contributed by atoms with Crippen molar-refractivity contribution in [3.63, 3.8) is 0 Å². The first kappa shape index (κ1) is 22.0. The molecular formula is C23H26N4O4. The Bertz CT molecular complexity index is 1030. The lowest BCUT2D eigenvalue weighted by molar-refractivity contribution is -0.124. The van der Waals surface area contributed by atoms with Crippen LogP contribution in [0.4, 0.5) is 0 Å². The van der Waals surface area contributed by atoms with E-state index in [0.29, 0.717) is 25.1 Å².